The van der Waals surface area contributed by atoms with Gasteiger partial charge in [0, 0.05) is 31.7 Å². The molecule has 21 heavy (non-hydrogen) atoms. The first kappa shape index (κ1) is 13.8. The van der Waals surface area contributed by atoms with Gasteiger partial charge in [-0.3, -0.25) is 0 Å². The Balaban J connectivity index is 1.79. The number of phenols is 1. The van der Waals surface area contributed by atoms with Gasteiger partial charge < -0.3 is 19.7 Å². The van der Waals surface area contributed by atoms with Crippen molar-refractivity contribution in [2.45, 2.75) is 19.3 Å². The second-order valence-corrected chi connectivity index (χ2v) is 5.86. The highest BCUT2D eigenvalue weighted by atomic mass is 16.4. The molecule has 1 saturated carbocycles. The Bertz CT molecular complexity index is 673. The first-order valence-corrected chi connectivity index (χ1v) is 7.30. The summed E-state index contributed by atoms with van der Waals surface area (Å²) in [6.45, 7) is 1.10. The fourth-order valence-corrected chi connectivity index (χ4v) is 2.84. The molecule has 0 saturated heterocycles. The average Bonchev–Trinajstić information content (AvgIpc) is 3.19. The van der Waals surface area contributed by atoms with Crippen LogP contribution < -0.4 is 0 Å². The van der Waals surface area contributed by atoms with E-state index < -0.39 is 6.09 Å². The molecule has 0 bridgehead atoms. The Labute approximate surface area is 123 Å². The summed E-state index contributed by atoms with van der Waals surface area (Å²) in [6.07, 6.45) is 4.01. The van der Waals surface area contributed by atoms with Crippen molar-refractivity contribution in [2.75, 3.05) is 13.1 Å². The molecule has 1 aliphatic rings. The summed E-state index contributed by atoms with van der Waals surface area (Å²) in [5.41, 5.74) is 1.96. The summed E-state index contributed by atoms with van der Waals surface area (Å²) in [5.74, 6) is 0.800. The number of carboxylic acid groups (broad SMARTS) is 1. The van der Waals surface area contributed by atoms with E-state index in [2.05, 4.69) is 0 Å². The standard InChI is InChI=1S/C16H20N2O3/c1-17-10-12(15-13(17)3-2-4-14(15)19)7-8-18(16(20)21)9-11-5-6-11/h2-4,10-11,19H,5-9H2,1H3,(H,20,21). The molecule has 0 atom stereocenters. The molecule has 3 rings (SSSR count). The van der Waals surface area contributed by atoms with E-state index in [0.717, 1.165) is 29.3 Å². The number of aromatic nitrogens is 1. The van der Waals surface area contributed by atoms with E-state index in [9.17, 15) is 15.0 Å². The summed E-state index contributed by atoms with van der Waals surface area (Å²) >= 11 is 0. The molecule has 2 N–H and O–H groups in total. The summed E-state index contributed by atoms with van der Waals surface area (Å²) in [4.78, 5) is 12.8. The third-order valence-electron chi connectivity index (χ3n) is 4.17. The van der Waals surface area contributed by atoms with Crippen molar-refractivity contribution in [3.05, 3.63) is 30.0 Å². The molecule has 0 radical (unpaired) electrons. The smallest absolute Gasteiger partial charge is 0.407 e. The van der Waals surface area contributed by atoms with Crippen LogP contribution in [0.2, 0.25) is 0 Å². The maximum absolute atomic E-state index is 11.3. The third-order valence-corrected chi connectivity index (χ3v) is 4.17. The zero-order valence-corrected chi connectivity index (χ0v) is 12.1. The highest BCUT2D eigenvalue weighted by molar-refractivity contribution is 5.89. The molecule has 1 aliphatic carbocycles. The Hall–Kier alpha value is -2.17. The van der Waals surface area contributed by atoms with E-state index in [1.54, 1.807) is 6.07 Å². The third kappa shape index (κ3) is 2.82. The van der Waals surface area contributed by atoms with Gasteiger partial charge >= 0.3 is 6.09 Å². The molecule has 0 spiro atoms. The molecule has 112 valence electrons. The van der Waals surface area contributed by atoms with Crippen LogP contribution in [-0.2, 0) is 13.5 Å². The highest BCUT2D eigenvalue weighted by Gasteiger charge is 2.26. The van der Waals surface area contributed by atoms with Crippen molar-refractivity contribution in [1.29, 1.82) is 0 Å². The number of carbonyl (C=O) groups is 1. The lowest BCUT2D eigenvalue weighted by molar-refractivity contribution is 0.143. The van der Waals surface area contributed by atoms with Crippen LogP contribution in [-0.4, -0.2) is 38.9 Å². The first-order valence-electron chi connectivity index (χ1n) is 7.30. The van der Waals surface area contributed by atoms with E-state index in [1.807, 2.05) is 29.9 Å². The summed E-state index contributed by atoms with van der Waals surface area (Å²) in [6, 6.07) is 5.45. The van der Waals surface area contributed by atoms with Gasteiger partial charge in [-0.25, -0.2) is 4.79 Å². The topological polar surface area (TPSA) is 65.7 Å². The minimum absolute atomic E-state index is 0.257. The van der Waals surface area contributed by atoms with E-state index in [0.29, 0.717) is 25.4 Å². The summed E-state index contributed by atoms with van der Waals surface area (Å²) in [5, 5.41) is 20.2. The maximum atomic E-state index is 11.3. The van der Waals surface area contributed by atoms with Gasteiger partial charge in [0.15, 0.2) is 0 Å². The van der Waals surface area contributed by atoms with Gasteiger partial charge in [-0.2, -0.15) is 0 Å². The minimum atomic E-state index is -0.855. The molecule has 2 aromatic rings. The lowest BCUT2D eigenvalue weighted by atomic mass is 10.1. The average molecular weight is 288 g/mol. The maximum Gasteiger partial charge on any atom is 0.407 e. The number of fused-ring (bicyclic) bond motifs is 1. The van der Waals surface area contributed by atoms with Crippen LogP contribution in [0.1, 0.15) is 18.4 Å². The van der Waals surface area contributed by atoms with Crippen molar-refractivity contribution in [1.82, 2.24) is 9.47 Å². The predicted octanol–water partition coefficient (Wildman–Crippen LogP) is 2.82. The van der Waals surface area contributed by atoms with Crippen molar-refractivity contribution >= 4 is 17.0 Å². The van der Waals surface area contributed by atoms with Crippen LogP contribution in [0, 0.1) is 5.92 Å². The van der Waals surface area contributed by atoms with E-state index in [-0.39, 0.29) is 5.75 Å². The molecule has 1 aromatic carbocycles. The Morgan fingerprint density at radius 2 is 2.19 bits per heavy atom. The van der Waals surface area contributed by atoms with Crippen molar-refractivity contribution in [3.8, 4) is 5.75 Å². The van der Waals surface area contributed by atoms with Gasteiger partial charge in [0.25, 0.3) is 0 Å². The van der Waals surface area contributed by atoms with Crippen molar-refractivity contribution < 1.29 is 15.0 Å². The first-order chi connectivity index (χ1) is 10.1. The van der Waals surface area contributed by atoms with Gasteiger partial charge in [-0.15, -0.1) is 0 Å². The highest BCUT2D eigenvalue weighted by Crippen LogP contribution is 2.31. The number of amides is 1. The Kier molecular flexibility index (Phi) is 3.49. The summed E-state index contributed by atoms with van der Waals surface area (Å²) < 4.78 is 1.97. The molecule has 1 heterocycles. The molecule has 5 nitrogen and oxygen atoms in total. The molecular weight excluding hydrogens is 268 g/mol. The van der Waals surface area contributed by atoms with Gasteiger partial charge in [0.2, 0.25) is 0 Å². The second-order valence-electron chi connectivity index (χ2n) is 5.86. The number of aryl methyl sites for hydroxylation is 1. The molecule has 1 amide bonds. The van der Waals surface area contributed by atoms with Crippen LogP contribution in [0.3, 0.4) is 0 Å². The molecule has 1 fully saturated rings. The van der Waals surface area contributed by atoms with Gasteiger partial charge in [-0.1, -0.05) is 6.07 Å². The minimum Gasteiger partial charge on any atom is -0.507 e. The van der Waals surface area contributed by atoms with E-state index in [4.69, 9.17) is 0 Å². The monoisotopic (exact) mass is 288 g/mol. The lowest BCUT2D eigenvalue weighted by Crippen LogP contribution is -2.33. The summed E-state index contributed by atoms with van der Waals surface area (Å²) in [7, 11) is 1.93. The van der Waals surface area contributed by atoms with Crippen molar-refractivity contribution in [3.63, 3.8) is 0 Å². The number of hydrogen-bond donors (Lipinski definition) is 2. The number of phenolic OH excluding ortho intramolecular Hbond substituents is 1. The molecular formula is C16H20N2O3. The van der Waals surface area contributed by atoms with Gasteiger partial charge in [0.1, 0.15) is 5.75 Å². The normalized spacial score (nSPS) is 14.5. The molecule has 5 heteroatoms. The zero-order chi connectivity index (χ0) is 15.0. The quantitative estimate of drug-likeness (QED) is 0.889. The van der Waals surface area contributed by atoms with Gasteiger partial charge in [0.05, 0.1) is 5.52 Å². The number of rotatable bonds is 5. The fraction of sp³-hybridized carbons (Fsp3) is 0.438. The van der Waals surface area contributed by atoms with E-state index >= 15 is 0 Å². The SMILES string of the molecule is Cn1cc(CCN(CC2CC2)C(=O)O)c2c(O)cccc21. The molecule has 1 aromatic heterocycles. The second kappa shape index (κ2) is 5.31. The molecule has 0 unspecified atom stereocenters. The van der Waals surface area contributed by atoms with Crippen molar-refractivity contribution in [2.24, 2.45) is 13.0 Å². The lowest BCUT2D eigenvalue weighted by Gasteiger charge is -2.18. The van der Waals surface area contributed by atoms with Crippen LogP contribution in [0.25, 0.3) is 10.9 Å². The van der Waals surface area contributed by atoms with Crippen LogP contribution in [0.15, 0.2) is 24.4 Å². The largest absolute Gasteiger partial charge is 0.507 e. The number of hydrogen-bond acceptors (Lipinski definition) is 2. The predicted molar refractivity (Wildman–Crippen MR) is 80.6 cm³/mol. The van der Waals surface area contributed by atoms with Crippen LogP contribution in [0.5, 0.6) is 5.75 Å². The van der Waals surface area contributed by atoms with E-state index in [1.165, 1.54) is 4.90 Å². The number of nitrogens with zero attached hydrogens (tertiary/aromatic N) is 2. The van der Waals surface area contributed by atoms with Crippen LogP contribution in [0.4, 0.5) is 4.79 Å². The zero-order valence-electron chi connectivity index (χ0n) is 12.1. The van der Waals surface area contributed by atoms with Gasteiger partial charge in [-0.05, 0) is 42.9 Å². The molecule has 0 aliphatic heterocycles. The Morgan fingerprint density at radius 3 is 2.86 bits per heavy atom. The number of aromatic hydroxyl groups is 1. The number of benzene rings is 1. The van der Waals surface area contributed by atoms with Crippen LogP contribution >= 0.6 is 0 Å². The Morgan fingerprint density at radius 1 is 1.43 bits per heavy atom. The fourth-order valence-electron chi connectivity index (χ4n) is 2.84.